The van der Waals surface area contributed by atoms with E-state index in [1.54, 1.807) is 0 Å². The lowest BCUT2D eigenvalue weighted by Crippen LogP contribution is -2.39. The Bertz CT molecular complexity index is 456. The lowest BCUT2D eigenvalue weighted by molar-refractivity contribution is 0.0698. The maximum absolute atomic E-state index is 12.8. The Morgan fingerprint density at radius 1 is 1.42 bits per heavy atom. The molecule has 1 heterocycles. The van der Waals surface area contributed by atoms with Crippen molar-refractivity contribution in [3.8, 4) is 0 Å². The highest BCUT2D eigenvalue weighted by molar-refractivity contribution is 5.96. The van der Waals surface area contributed by atoms with Crippen molar-refractivity contribution in [2.24, 2.45) is 0 Å². The molecule has 1 aliphatic heterocycles. The Balaban J connectivity index is 2.33. The topological polar surface area (TPSA) is 32.3 Å². The largest absolute Gasteiger partial charge is 0.336 e. The van der Waals surface area contributed by atoms with Crippen LogP contribution in [0.1, 0.15) is 48.7 Å². The molecule has 1 aliphatic rings. The average Bonchev–Trinajstić information content (AvgIpc) is 2.47. The van der Waals surface area contributed by atoms with Crippen molar-refractivity contribution in [1.82, 2.24) is 10.2 Å². The second kappa shape index (κ2) is 6.20. The van der Waals surface area contributed by atoms with Crippen LogP contribution in [-0.2, 0) is 13.0 Å². The van der Waals surface area contributed by atoms with Crippen LogP contribution in [0.2, 0.25) is 0 Å². The molecule has 1 amide bonds. The van der Waals surface area contributed by atoms with E-state index in [1.807, 2.05) is 17.0 Å². The molecule has 19 heavy (non-hydrogen) atoms. The SMILES string of the molecule is CCC(C)N(CC)C(=O)c1cccc2c1CCNC2. The third-order valence-corrected chi connectivity index (χ3v) is 4.10. The molecule has 104 valence electrons. The summed E-state index contributed by atoms with van der Waals surface area (Å²) in [6.07, 6.45) is 1.95. The molecular formula is C16H24N2O. The fraction of sp³-hybridized carbons (Fsp3) is 0.562. The Morgan fingerprint density at radius 3 is 2.89 bits per heavy atom. The Hall–Kier alpha value is -1.35. The van der Waals surface area contributed by atoms with Gasteiger partial charge in [0.05, 0.1) is 0 Å². The normalized spacial score (nSPS) is 15.7. The van der Waals surface area contributed by atoms with E-state index >= 15 is 0 Å². The van der Waals surface area contributed by atoms with E-state index in [0.717, 1.165) is 38.0 Å². The van der Waals surface area contributed by atoms with Crippen LogP contribution in [0.25, 0.3) is 0 Å². The summed E-state index contributed by atoms with van der Waals surface area (Å²) in [5.74, 6) is 0.190. The van der Waals surface area contributed by atoms with Crippen LogP contribution in [0.15, 0.2) is 18.2 Å². The highest BCUT2D eigenvalue weighted by Gasteiger charge is 2.23. The first-order valence-electron chi connectivity index (χ1n) is 7.31. The summed E-state index contributed by atoms with van der Waals surface area (Å²) in [4.78, 5) is 14.7. The van der Waals surface area contributed by atoms with E-state index in [2.05, 4.69) is 32.2 Å². The van der Waals surface area contributed by atoms with Crippen LogP contribution in [0.3, 0.4) is 0 Å². The summed E-state index contributed by atoms with van der Waals surface area (Å²) in [6, 6.07) is 6.41. The number of rotatable bonds is 4. The predicted octanol–water partition coefficient (Wildman–Crippen LogP) is 2.59. The molecule has 0 radical (unpaired) electrons. The van der Waals surface area contributed by atoms with Gasteiger partial charge in [-0.15, -0.1) is 0 Å². The minimum Gasteiger partial charge on any atom is -0.336 e. The fourth-order valence-corrected chi connectivity index (χ4v) is 2.76. The molecule has 2 rings (SSSR count). The summed E-state index contributed by atoms with van der Waals surface area (Å²) in [5, 5.41) is 3.36. The van der Waals surface area contributed by atoms with E-state index < -0.39 is 0 Å². The second-order valence-corrected chi connectivity index (χ2v) is 5.22. The zero-order valence-electron chi connectivity index (χ0n) is 12.2. The van der Waals surface area contributed by atoms with Gasteiger partial charge in [0.2, 0.25) is 0 Å². The quantitative estimate of drug-likeness (QED) is 0.902. The third-order valence-electron chi connectivity index (χ3n) is 4.10. The van der Waals surface area contributed by atoms with E-state index in [4.69, 9.17) is 0 Å². The van der Waals surface area contributed by atoms with Crippen molar-refractivity contribution in [3.63, 3.8) is 0 Å². The van der Waals surface area contributed by atoms with Crippen LogP contribution < -0.4 is 5.32 Å². The number of nitrogens with one attached hydrogen (secondary N) is 1. The average molecular weight is 260 g/mol. The summed E-state index contributed by atoms with van der Waals surface area (Å²) < 4.78 is 0. The summed E-state index contributed by atoms with van der Waals surface area (Å²) in [7, 11) is 0. The van der Waals surface area contributed by atoms with Crippen molar-refractivity contribution in [1.29, 1.82) is 0 Å². The van der Waals surface area contributed by atoms with Gasteiger partial charge in [0.1, 0.15) is 0 Å². The maximum Gasteiger partial charge on any atom is 0.254 e. The minimum absolute atomic E-state index is 0.190. The van der Waals surface area contributed by atoms with Crippen molar-refractivity contribution in [3.05, 3.63) is 34.9 Å². The number of hydrogen-bond donors (Lipinski definition) is 1. The molecule has 1 atom stereocenters. The molecule has 0 spiro atoms. The molecule has 0 fully saturated rings. The van der Waals surface area contributed by atoms with Gasteiger partial charge in [-0.25, -0.2) is 0 Å². The zero-order valence-corrected chi connectivity index (χ0v) is 12.2. The van der Waals surface area contributed by atoms with Gasteiger partial charge in [0, 0.05) is 24.7 Å². The van der Waals surface area contributed by atoms with Gasteiger partial charge >= 0.3 is 0 Å². The molecule has 1 aromatic carbocycles. The van der Waals surface area contributed by atoms with Crippen LogP contribution in [0, 0.1) is 0 Å². The van der Waals surface area contributed by atoms with Gasteiger partial charge in [-0.3, -0.25) is 4.79 Å². The molecular weight excluding hydrogens is 236 g/mol. The number of amides is 1. The van der Waals surface area contributed by atoms with E-state index in [0.29, 0.717) is 6.04 Å². The smallest absolute Gasteiger partial charge is 0.254 e. The van der Waals surface area contributed by atoms with Gasteiger partial charge < -0.3 is 10.2 Å². The highest BCUT2D eigenvalue weighted by atomic mass is 16.2. The van der Waals surface area contributed by atoms with Crippen molar-refractivity contribution in [2.75, 3.05) is 13.1 Å². The molecule has 1 aromatic rings. The van der Waals surface area contributed by atoms with Crippen molar-refractivity contribution in [2.45, 2.75) is 46.2 Å². The lowest BCUT2D eigenvalue weighted by Gasteiger charge is -2.29. The summed E-state index contributed by atoms with van der Waals surface area (Å²) in [6.45, 7) is 8.93. The summed E-state index contributed by atoms with van der Waals surface area (Å²) in [5.41, 5.74) is 3.42. The molecule has 0 saturated carbocycles. The van der Waals surface area contributed by atoms with Gasteiger partial charge in [0.15, 0.2) is 0 Å². The number of nitrogens with zero attached hydrogens (tertiary/aromatic N) is 1. The Morgan fingerprint density at radius 2 is 2.21 bits per heavy atom. The van der Waals surface area contributed by atoms with Crippen molar-refractivity contribution >= 4 is 5.91 Å². The number of fused-ring (bicyclic) bond motifs is 1. The highest BCUT2D eigenvalue weighted by Crippen LogP contribution is 2.21. The molecule has 0 bridgehead atoms. The molecule has 3 nitrogen and oxygen atoms in total. The van der Waals surface area contributed by atoms with Crippen LogP contribution in [-0.4, -0.2) is 29.9 Å². The first-order valence-corrected chi connectivity index (χ1v) is 7.31. The third kappa shape index (κ3) is 2.81. The van der Waals surface area contributed by atoms with Crippen LogP contribution in [0.4, 0.5) is 0 Å². The van der Waals surface area contributed by atoms with E-state index in [-0.39, 0.29) is 5.91 Å². The Labute approximate surface area is 116 Å². The lowest BCUT2D eigenvalue weighted by atomic mass is 9.94. The number of benzene rings is 1. The second-order valence-electron chi connectivity index (χ2n) is 5.22. The monoisotopic (exact) mass is 260 g/mol. The number of hydrogen-bond acceptors (Lipinski definition) is 2. The predicted molar refractivity (Wildman–Crippen MR) is 78.3 cm³/mol. The fourth-order valence-electron chi connectivity index (χ4n) is 2.76. The van der Waals surface area contributed by atoms with E-state index in [9.17, 15) is 4.79 Å². The van der Waals surface area contributed by atoms with Crippen LogP contribution in [0.5, 0.6) is 0 Å². The Kier molecular flexibility index (Phi) is 4.59. The van der Waals surface area contributed by atoms with Gasteiger partial charge in [-0.2, -0.15) is 0 Å². The molecule has 0 aliphatic carbocycles. The molecule has 0 aromatic heterocycles. The van der Waals surface area contributed by atoms with Crippen LogP contribution >= 0.6 is 0 Å². The first-order chi connectivity index (χ1) is 9.19. The summed E-state index contributed by atoms with van der Waals surface area (Å²) >= 11 is 0. The zero-order chi connectivity index (χ0) is 13.8. The molecule has 3 heteroatoms. The number of carbonyl (C=O) groups excluding carboxylic acids is 1. The minimum atomic E-state index is 0.190. The molecule has 1 N–H and O–H groups in total. The first kappa shape index (κ1) is 14.1. The van der Waals surface area contributed by atoms with Gasteiger partial charge in [-0.05, 0) is 50.4 Å². The van der Waals surface area contributed by atoms with Gasteiger partial charge in [0.25, 0.3) is 5.91 Å². The molecule has 1 unspecified atom stereocenters. The van der Waals surface area contributed by atoms with Gasteiger partial charge in [-0.1, -0.05) is 19.1 Å². The maximum atomic E-state index is 12.8. The van der Waals surface area contributed by atoms with Crippen molar-refractivity contribution < 1.29 is 4.79 Å². The standard InChI is InChI=1S/C16H24N2O/c1-4-12(3)18(5-2)16(19)15-8-6-7-13-11-17-10-9-14(13)15/h6-8,12,17H,4-5,9-11H2,1-3H3. The van der Waals surface area contributed by atoms with E-state index in [1.165, 1.54) is 11.1 Å². The number of carbonyl (C=O) groups is 1. The molecule has 0 saturated heterocycles.